The second-order valence-corrected chi connectivity index (χ2v) is 14.9. The maximum atomic E-state index is 14.9. The first-order valence-corrected chi connectivity index (χ1v) is 19.0. The standard InChI is InChI=1S/C36H41Cl2N7O6S/c1-4-51-31-15-14-29(52(48,49)40-24-50-3)22-30(31)35-41-33(25-6-10-27(37)11-7-25)34(26-8-12-28(38)13-9-26)45(35)36(47)44-20-18-43(19-21-44)23-32(46)42(2)17-5-16-39/h6-15,22,33-34,40H,4-5,17-21,23-24H2,1-3H3/t33-,34+/m0/s1. The number of urea groups is 1. The Morgan fingerprint density at radius 3 is 2.23 bits per heavy atom. The first-order chi connectivity index (χ1) is 25.0. The maximum Gasteiger partial charge on any atom is 0.326 e. The number of carbonyl (C=O) groups is 2. The SMILES string of the molecule is CCOc1ccc(S(=O)(=O)NCOC)cc1C1=N[C@@H](c2ccc(Cl)cc2)[C@@H](c2ccc(Cl)cc2)N1C(=O)N1CCN(CC(=O)N(C)CCC#N)CC1. The molecule has 13 nitrogen and oxygen atoms in total. The number of hydrogen-bond acceptors (Lipinski definition) is 9. The third-order valence-corrected chi connectivity index (χ3v) is 10.8. The molecule has 0 saturated carbocycles. The molecule has 1 N–H and O–H groups in total. The van der Waals surface area contributed by atoms with Crippen LogP contribution in [-0.2, 0) is 19.6 Å². The molecular formula is C36H41Cl2N7O6S. The molecule has 3 aromatic rings. The Morgan fingerprint density at radius 2 is 1.63 bits per heavy atom. The lowest BCUT2D eigenvalue weighted by molar-refractivity contribution is -0.131. The van der Waals surface area contributed by atoms with Crippen LogP contribution in [0.1, 0.15) is 42.1 Å². The fourth-order valence-corrected chi connectivity index (χ4v) is 7.32. The van der Waals surface area contributed by atoms with Crippen LogP contribution in [0.5, 0.6) is 5.75 Å². The topological polar surface area (TPSA) is 148 Å². The number of hydrogen-bond donors (Lipinski definition) is 1. The van der Waals surface area contributed by atoms with Gasteiger partial charge in [-0.15, -0.1) is 0 Å². The van der Waals surface area contributed by atoms with Crippen LogP contribution in [0.2, 0.25) is 10.0 Å². The van der Waals surface area contributed by atoms with Gasteiger partial charge in [0.15, 0.2) is 0 Å². The third kappa shape index (κ3) is 9.03. The van der Waals surface area contributed by atoms with E-state index >= 15 is 0 Å². The zero-order valence-corrected chi connectivity index (χ0v) is 31.5. The molecule has 0 unspecified atom stereocenters. The van der Waals surface area contributed by atoms with Crippen molar-refractivity contribution in [2.45, 2.75) is 30.3 Å². The molecule has 0 spiro atoms. The minimum atomic E-state index is -4.01. The summed E-state index contributed by atoms with van der Waals surface area (Å²) in [6, 6.07) is 19.3. The molecule has 52 heavy (non-hydrogen) atoms. The van der Waals surface area contributed by atoms with E-state index in [4.69, 9.17) is 42.9 Å². The van der Waals surface area contributed by atoms with Crippen molar-refractivity contribution in [3.05, 3.63) is 93.5 Å². The van der Waals surface area contributed by atoms with Crippen molar-refractivity contribution in [2.24, 2.45) is 4.99 Å². The van der Waals surface area contributed by atoms with Crippen LogP contribution in [0.25, 0.3) is 0 Å². The van der Waals surface area contributed by atoms with Gasteiger partial charge >= 0.3 is 6.03 Å². The summed E-state index contributed by atoms with van der Waals surface area (Å²) in [7, 11) is -0.963. The van der Waals surface area contributed by atoms with Crippen LogP contribution >= 0.6 is 23.2 Å². The van der Waals surface area contributed by atoms with Crippen molar-refractivity contribution < 1.29 is 27.5 Å². The minimum Gasteiger partial charge on any atom is -0.493 e. The number of methoxy groups -OCH3 is 1. The highest BCUT2D eigenvalue weighted by Gasteiger charge is 2.45. The van der Waals surface area contributed by atoms with Gasteiger partial charge in [-0.05, 0) is 60.5 Å². The van der Waals surface area contributed by atoms with Gasteiger partial charge < -0.3 is 19.3 Å². The van der Waals surface area contributed by atoms with Gasteiger partial charge in [-0.25, -0.2) is 13.2 Å². The molecule has 2 atom stereocenters. The number of nitrogens with zero attached hydrogens (tertiary/aromatic N) is 6. The maximum absolute atomic E-state index is 14.9. The number of ether oxygens (including phenoxy) is 2. The molecule has 2 aliphatic heterocycles. The number of benzene rings is 3. The monoisotopic (exact) mass is 769 g/mol. The molecule has 2 heterocycles. The van der Waals surface area contributed by atoms with Crippen molar-refractivity contribution in [3.63, 3.8) is 0 Å². The zero-order valence-electron chi connectivity index (χ0n) is 29.2. The first kappa shape index (κ1) is 39.0. The lowest BCUT2D eigenvalue weighted by Crippen LogP contribution is -2.55. The second kappa shape index (κ2) is 17.5. The van der Waals surface area contributed by atoms with Crippen molar-refractivity contribution >= 4 is 51.0 Å². The molecule has 1 saturated heterocycles. The largest absolute Gasteiger partial charge is 0.493 e. The van der Waals surface area contributed by atoms with E-state index < -0.39 is 22.1 Å². The van der Waals surface area contributed by atoms with E-state index in [2.05, 4.69) is 10.8 Å². The highest BCUT2D eigenvalue weighted by atomic mass is 35.5. The summed E-state index contributed by atoms with van der Waals surface area (Å²) in [4.78, 5) is 39.7. The van der Waals surface area contributed by atoms with Crippen LogP contribution in [0, 0.1) is 11.3 Å². The predicted molar refractivity (Wildman–Crippen MR) is 198 cm³/mol. The van der Waals surface area contributed by atoms with E-state index in [9.17, 15) is 18.0 Å². The van der Waals surface area contributed by atoms with Gasteiger partial charge in [-0.2, -0.15) is 9.98 Å². The molecule has 3 amide bonds. The van der Waals surface area contributed by atoms with Crippen LogP contribution in [0.15, 0.2) is 76.6 Å². The number of aliphatic imine (C=N–C) groups is 1. The van der Waals surface area contributed by atoms with Crippen LogP contribution in [-0.4, -0.2) is 113 Å². The summed E-state index contributed by atoms with van der Waals surface area (Å²) >= 11 is 12.6. The number of amides is 3. The quantitative estimate of drug-likeness (QED) is 0.241. The summed E-state index contributed by atoms with van der Waals surface area (Å²) < 4.78 is 40.0. The van der Waals surface area contributed by atoms with E-state index in [-0.39, 0.29) is 49.0 Å². The lowest BCUT2D eigenvalue weighted by atomic mass is 9.93. The number of likely N-dealkylation sites (N-methyl/N-ethyl adjacent to an activating group) is 1. The average molecular weight is 771 g/mol. The number of sulfonamides is 1. The second-order valence-electron chi connectivity index (χ2n) is 12.3. The highest BCUT2D eigenvalue weighted by molar-refractivity contribution is 7.89. The zero-order chi connectivity index (χ0) is 37.4. The Balaban J connectivity index is 1.58. The molecule has 1 fully saturated rings. The molecule has 5 rings (SSSR count). The summed E-state index contributed by atoms with van der Waals surface area (Å²) in [6.07, 6.45) is 0.250. The Morgan fingerprint density at radius 1 is 1.00 bits per heavy atom. The molecule has 276 valence electrons. The summed E-state index contributed by atoms with van der Waals surface area (Å²) in [5.74, 6) is 0.477. The van der Waals surface area contributed by atoms with E-state index in [1.807, 2.05) is 36.1 Å². The van der Waals surface area contributed by atoms with E-state index in [0.29, 0.717) is 54.1 Å². The van der Waals surface area contributed by atoms with Crippen molar-refractivity contribution in [3.8, 4) is 11.8 Å². The smallest absolute Gasteiger partial charge is 0.326 e. The number of rotatable bonds is 13. The first-order valence-electron chi connectivity index (χ1n) is 16.7. The fourth-order valence-electron chi connectivity index (χ4n) is 6.11. The number of nitriles is 1. The molecule has 0 bridgehead atoms. The Bertz CT molecular complexity index is 1910. The van der Waals surface area contributed by atoms with Crippen LogP contribution in [0.4, 0.5) is 4.79 Å². The molecule has 0 aromatic heterocycles. The highest BCUT2D eigenvalue weighted by Crippen LogP contribution is 2.45. The summed E-state index contributed by atoms with van der Waals surface area (Å²) in [5, 5.41) is 9.96. The van der Waals surface area contributed by atoms with Gasteiger partial charge in [0.25, 0.3) is 0 Å². The van der Waals surface area contributed by atoms with Gasteiger partial charge in [0, 0.05) is 56.9 Å². The Kier molecular flexibility index (Phi) is 13.1. The molecule has 0 radical (unpaired) electrons. The van der Waals surface area contributed by atoms with E-state index in [1.165, 1.54) is 24.1 Å². The normalized spacial score (nSPS) is 17.8. The summed E-state index contributed by atoms with van der Waals surface area (Å²) in [6.45, 7) is 3.90. The number of carbonyl (C=O) groups excluding carboxylic acids is 2. The molecule has 3 aromatic carbocycles. The van der Waals surface area contributed by atoms with Gasteiger partial charge in [0.05, 0.1) is 42.1 Å². The van der Waals surface area contributed by atoms with Crippen molar-refractivity contribution in [2.75, 3.05) is 66.8 Å². The van der Waals surface area contributed by atoms with Gasteiger partial charge in [0.2, 0.25) is 15.9 Å². The Hall–Kier alpha value is -4.23. The molecule has 2 aliphatic rings. The summed E-state index contributed by atoms with van der Waals surface area (Å²) in [5.41, 5.74) is 1.85. The lowest BCUT2D eigenvalue weighted by Gasteiger charge is -2.39. The molecule has 16 heteroatoms. The number of halogens is 2. The number of nitrogens with one attached hydrogen (secondary N) is 1. The van der Waals surface area contributed by atoms with E-state index in [1.54, 1.807) is 47.2 Å². The molecule has 0 aliphatic carbocycles. The third-order valence-electron chi connectivity index (χ3n) is 8.88. The van der Waals surface area contributed by atoms with Crippen LogP contribution < -0.4 is 9.46 Å². The van der Waals surface area contributed by atoms with Gasteiger partial charge in [0.1, 0.15) is 24.4 Å². The fraction of sp³-hybridized carbons (Fsp3) is 0.389. The van der Waals surface area contributed by atoms with Crippen molar-refractivity contribution in [1.29, 1.82) is 5.26 Å². The minimum absolute atomic E-state index is 0.0610. The average Bonchev–Trinajstić information content (AvgIpc) is 3.54. The molecular weight excluding hydrogens is 729 g/mol. The predicted octanol–water partition coefficient (Wildman–Crippen LogP) is 4.93. The van der Waals surface area contributed by atoms with Crippen LogP contribution in [0.3, 0.4) is 0 Å². The van der Waals surface area contributed by atoms with Gasteiger partial charge in [-0.1, -0.05) is 47.5 Å². The number of amidine groups is 1. The Labute approximate surface area is 314 Å². The van der Waals surface area contributed by atoms with E-state index in [0.717, 1.165) is 11.1 Å². The number of piperazine rings is 1. The van der Waals surface area contributed by atoms with Gasteiger partial charge in [-0.3, -0.25) is 19.6 Å². The van der Waals surface area contributed by atoms with Crippen molar-refractivity contribution in [1.82, 2.24) is 24.3 Å².